The summed E-state index contributed by atoms with van der Waals surface area (Å²) in [6.07, 6.45) is 0. The van der Waals surface area contributed by atoms with Gasteiger partial charge in [-0.05, 0) is 12.1 Å². The normalized spacial score (nSPS) is 23.8. The molecule has 3 saturated heterocycles. The number of amides is 2. The summed E-state index contributed by atoms with van der Waals surface area (Å²) in [7, 11) is 1.53. The molecule has 0 saturated carbocycles. The molecule has 0 radical (unpaired) electrons. The third-order valence-electron chi connectivity index (χ3n) is 5.80. The summed E-state index contributed by atoms with van der Waals surface area (Å²) in [5.74, 6) is 0.650. The van der Waals surface area contributed by atoms with Crippen LogP contribution in [0.1, 0.15) is 0 Å². The molecular formula is C20H27N3O5. The first-order chi connectivity index (χ1) is 13.6. The van der Waals surface area contributed by atoms with Gasteiger partial charge < -0.3 is 24.0 Å². The Hall–Kier alpha value is -2.16. The zero-order valence-electron chi connectivity index (χ0n) is 16.2. The lowest BCUT2D eigenvalue weighted by Gasteiger charge is -2.63. The average molecular weight is 389 g/mol. The maximum Gasteiger partial charge on any atom is 0.260 e. The fraction of sp³-hybridized carbons (Fsp3) is 0.600. The minimum atomic E-state index is -0.196. The number of rotatable bonds is 5. The second-order valence-corrected chi connectivity index (χ2v) is 7.71. The Labute approximate surface area is 164 Å². The van der Waals surface area contributed by atoms with Gasteiger partial charge in [0.15, 0.2) is 6.61 Å². The monoisotopic (exact) mass is 389 g/mol. The Morgan fingerprint density at radius 1 is 1.11 bits per heavy atom. The van der Waals surface area contributed by atoms with Crippen molar-refractivity contribution in [2.45, 2.75) is 11.6 Å². The van der Waals surface area contributed by atoms with Gasteiger partial charge in [-0.25, -0.2) is 0 Å². The van der Waals surface area contributed by atoms with E-state index in [9.17, 15) is 9.59 Å². The molecule has 3 aliphatic heterocycles. The van der Waals surface area contributed by atoms with E-state index in [0.717, 1.165) is 6.54 Å². The Morgan fingerprint density at radius 3 is 2.57 bits per heavy atom. The van der Waals surface area contributed by atoms with Crippen molar-refractivity contribution >= 4 is 11.8 Å². The van der Waals surface area contributed by atoms with Gasteiger partial charge in [0.25, 0.3) is 5.91 Å². The second kappa shape index (κ2) is 8.06. The summed E-state index contributed by atoms with van der Waals surface area (Å²) >= 11 is 0. The van der Waals surface area contributed by atoms with Crippen molar-refractivity contribution in [3.05, 3.63) is 30.3 Å². The van der Waals surface area contributed by atoms with Gasteiger partial charge in [-0.2, -0.15) is 0 Å². The number of piperazine rings is 1. The first-order valence-electron chi connectivity index (χ1n) is 9.68. The first-order valence-corrected chi connectivity index (χ1v) is 9.68. The molecule has 3 fully saturated rings. The number of morpholine rings is 1. The lowest BCUT2D eigenvalue weighted by Crippen LogP contribution is -2.81. The molecule has 0 N–H and O–H groups in total. The van der Waals surface area contributed by atoms with Crippen LogP contribution in [0.4, 0.5) is 0 Å². The van der Waals surface area contributed by atoms with Gasteiger partial charge >= 0.3 is 0 Å². The lowest BCUT2D eigenvalue weighted by molar-refractivity contribution is -0.183. The molecule has 1 aromatic rings. The van der Waals surface area contributed by atoms with Crippen molar-refractivity contribution in [3.8, 4) is 5.75 Å². The smallest absolute Gasteiger partial charge is 0.260 e. The van der Waals surface area contributed by atoms with E-state index in [4.69, 9.17) is 14.2 Å². The Morgan fingerprint density at radius 2 is 1.82 bits per heavy atom. The Bertz CT molecular complexity index is 707. The molecule has 0 aromatic heterocycles. The van der Waals surface area contributed by atoms with Gasteiger partial charge in [0.1, 0.15) is 12.4 Å². The molecule has 0 unspecified atom stereocenters. The van der Waals surface area contributed by atoms with Crippen LogP contribution in [0.2, 0.25) is 0 Å². The summed E-state index contributed by atoms with van der Waals surface area (Å²) < 4.78 is 16.3. The summed E-state index contributed by atoms with van der Waals surface area (Å²) in [4.78, 5) is 31.1. The predicted molar refractivity (Wildman–Crippen MR) is 101 cm³/mol. The van der Waals surface area contributed by atoms with E-state index in [0.29, 0.717) is 45.1 Å². The fourth-order valence-corrected chi connectivity index (χ4v) is 4.48. The van der Waals surface area contributed by atoms with Crippen LogP contribution >= 0.6 is 0 Å². The number of para-hydroxylation sites is 1. The van der Waals surface area contributed by atoms with Crippen molar-refractivity contribution in [3.63, 3.8) is 0 Å². The maximum absolute atomic E-state index is 12.6. The molecule has 152 valence electrons. The molecule has 28 heavy (non-hydrogen) atoms. The van der Waals surface area contributed by atoms with Crippen LogP contribution in [0.15, 0.2) is 30.3 Å². The van der Waals surface area contributed by atoms with E-state index >= 15 is 0 Å². The number of fused-ring (bicyclic) bond motifs is 2. The number of methoxy groups -OCH3 is 1. The molecule has 1 aromatic carbocycles. The Kier molecular flexibility index (Phi) is 5.52. The van der Waals surface area contributed by atoms with E-state index < -0.39 is 0 Å². The third kappa shape index (κ3) is 3.72. The molecule has 8 nitrogen and oxygen atoms in total. The first kappa shape index (κ1) is 19.2. The lowest BCUT2D eigenvalue weighted by atomic mass is 9.82. The number of nitrogens with zero attached hydrogens (tertiary/aromatic N) is 3. The van der Waals surface area contributed by atoms with Crippen LogP contribution in [0.5, 0.6) is 5.75 Å². The number of likely N-dealkylation sites (tertiary alicyclic amines) is 1. The summed E-state index contributed by atoms with van der Waals surface area (Å²) in [5.41, 5.74) is -0.196. The minimum absolute atomic E-state index is 0.00992. The number of hydrogen-bond acceptors (Lipinski definition) is 6. The van der Waals surface area contributed by atoms with Crippen molar-refractivity contribution in [2.24, 2.45) is 0 Å². The molecule has 8 heteroatoms. The number of hydrogen-bond donors (Lipinski definition) is 0. The van der Waals surface area contributed by atoms with E-state index in [-0.39, 0.29) is 36.6 Å². The predicted octanol–water partition coefficient (Wildman–Crippen LogP) is -0.164. The third-order valence-corrected chi connectivity index (χ3v) is 5.80. The molecule has 3 aliphatic rings. The largest absolute Gasteiger partial charge is 0.484 e. The fourth-order valence-electron chi connectivity index (χ4n) is 4.48. The molecule has 4 rings (SSSR count). The highest BCUT2D eigenvalue weighted by atomic mass is 16.5. The SMILES string of the molecule is COCC(=O)N1C[C@@H]2COCCN2C2(C1)CN(C(=O)COc1ccccc1)C2. The van der Waals surface area contributed by atoms with Crippen molar-refractivity contribution < 1.29 is 23.8 Å². The number of benzene rings is 1. The molecule has 1 atom stereocenters. The summed E-state index contributed by atoms with van der Waals surface area (Å²) in [6, 6.07) is 9.51. The summed E-state index contributed by atoms with van der Waals surface area (Å²) in [5, 5.41) is 0. The van der Waals surface area contributed by atoms with Crippen LogP contribution in [-0.2, 0) is 19.1 Å². The van der Waals surface area contributed by atoms with Crippen LogP contribution in [0.3, 0.4) is 0 Å². The quantitative estimate of drug-likeness (QED) is 0.697. The molecular weight excluding hydrogens is 362 g/mol. The topological polar surface area (TPSA) is 71.5 Å². The van der Waals surface area contributed by atoms with E-state index in [2.05, 4.69) is 4.90 Å². The van der Waals surface area contributed by atoms with E-state index in [1.807, 2.05) is 40.1 Å². The van der Waals surface area contributed by atoms with Gasteiger partial charge in [0, 0.05) is 39.8 Å². The van der Waals surface area contributed by atoms with E-state index in [1.54, 1.807) is 0 Å². The molecule has 2 amide bonds. The zero-order chi connectivity index (χ0) is 19.6. The average Bonchev–Trinajstić information content (AvgIpc) is 2.70. The molecule has 3 heterocycles. The standard InChI is InChI=1S/C20H27N3O5/c1-26-11-18(24)21-9-16-10-27-8-7-23(16)20(13-21)14-22(15-20)19(25)12-28-17-5-3-2-4-6-17/h2-6,16H,7-15H2,1H3/t16-/m1/s1. The van der Waals surface area contributed by atoms with Crippen LogP contribution in [-0.4, -0.2) is 104 Å². The van der Waals surface area contributed by atoms with Gasteiger partial charge in [0.05, 0.1) is 24.8 Å². The highest BCUT2D eigenvalue weighted by molar-refractivity contribution is 5.80. The van der Waals surface area contributed by atoms with Gasteiger partial charge in [-0.15, -0.1) is 0 Å². The van der Waals surface area contributed by atoms with Crippen molar-refractivity contribution in [2.75, 3.05) is 66.3 Å². The van der Waals surface area contributed by atoms with Gasteiger partial charge in [0.2, 0.25) is 5.91 Å². The van der Waals surface area contributed by atoms with Crippen LogP contribution in [0.25, 0.3) is 0 Å². The van der Waals surface area contributed by atoms with E-state index in [1.165, 1.54) is 7.11 Å². The maximum atomic E-state index is 12.6. The molecule has 1 spiro atoms. The van der Waals surface area contributed by atoms with Crippen LogP contribution in [0, 0.1) is 0 Å². The Balaban J connectivity index is 1.39. The van der Waals surface area contributed by atoms with Gasteiger partial charge in [-0.3, -0.25) is 14.5 Å². The van der Waals surface area contributed by atoms with Gasteiger partial charge in [-0.1, -0.05) is 18.2 Å². The van der Waals surface area contributed by atoms with Crippen molar-refractivity contribution in [1.82, 2.24) is 14.7 Å². The molecule has 0 bridgehead atoms. The number of carbonyl (C=O) groups is 2. The van der Waals surface area contributed by atoms with Crippen molar-refractivity contribution in [1.29, 1.82) is 0 Å². The number of carbonyl (C=O) groups excluding carboxylic acids is 2. The molecule has 0 aliphatic carbocycles. The highest BCUT2D eigenvalue weighted by Crippen LogP contribution is 2.35. The minimum Gasteiger partial charge on any atom is -0.484 e. The number of ether oxygens (including phenoxy) is 3. The zero-order valence-corrected chi connectivity index (χ0v) is 16.2. The summed E-state index contributed by atoms with van der Waals surface area (Å²) in [6.45, 7) is 4.73. The highest BCUT2D eigenvalue weighted by Gasteiger charge is 2.56. The van der Waals surface area contributed by atoms with Crippen LogP contribution < -0.4 is 4.74 Å². The second-order valence-electron chi connectivity index (χ2n) is 7.71.